The van der Waals surface area contributed by atoms with E-state index in [4.69, 9.17) is 5.73 Å². The molecule has 1 aliphatic rings. The molecule has 3 nitrogen and oxygen atoms in total. The Balaban J connectivity index is 1.83. The molecule has 0 heterocycles. The first kappa shape index (κ1) is 13.6. The van der Waals surface area contributed by atoms with Gasteiger partial charge in [0.1, 0.15) is 5.82 Å². The molecular weight excluding hydrogens is 267 g/mol. The van der Waals surface area contributed by atoms with E-state index in [1.807, 2.05) is 11.0 Å². The standard InChI is InChI=1S/C17H17FN2O/c18-14-5-1-3-12(9-14)11-20(16-7-8-16)17(21)13-4-2-6-15(19)10-13/h1-6,9-10,16H,7-8,11,19H2. The molecule has 0 atom stereocenters. The minimum absolute atomic E-state index is 0.0472. The van der Waals surface area contributed by atoms with E-state index in [1.54, 1.807) is 30.3 Å². The number of nitrogens with two attached hydrogens (primary N) is 1. The van der Waals surface area contributed by atoms with Crippen LogP contribution in [0.15, 0.2) is 48.5 Å². The Bertz CT molecular complexity index is 667. The van der Waals surface area contributed by atoms with Crippen LogP contribution in [0.5, 0.6) is 0 Å². The molecule has 0 bridgehead atoms. The molecule has 1 aliphatic carbocycles. The van der Waals surface area contributed by atoms with Crippen LogP contribution in [0.25, 0.3) is 0 Å². The molecule has 21 heavy (non-hydrogen) atoms. The third-order valence-electron chi connectivity index (χ3n) is 3.62. The lowest BCUT2D eigenvalue weighted by Crippen LogP contribution is -2.32. The number of anilines is 1. The monoisotopic (exact) mass is 284 g/mol. The van der Waals surface area contributed by atoms with Gasteiger partial charge in [0.05, 0.1) is 0 Å². The number of benzene rings is 2. The summed E-state index contributed by atoms with van der Waals surface area (Å²) in [4.78, 5) is 14.5. The van der Waals surface area contributed by atoms with Crippen LogP contribution in [-0.2, 0) is 6.54 Å². The molecule has 108 valence electrons. The van der Waals surface area contributed by atoms with Crippen molar-refractivity contribution in [1.82, 2.24) is 4.90 Å². The van der Waals surface area contributed by atoms with Crippen molar-refractivity contribution in [3.63, 3.8) is 0 Å². The third-order valence-corrected chi connectivity index (χ3v) is 3.62. The molecule has 1 saturated carbocycles. The van der Waals surface area contributed by atoms with Crippen LogP contribution >= 0.6 is 0 Å². The van der Waals surface area contributed by atoms with Crippen LogP contribution in [0, 0.1) is 5.82 Å². The summed E-state index contributed by atoms with van der Waals surface area (Å²) < 4.78 is 13.3. The maximum Gasteiger partial charge on any atom is 0.254 e. The van der Waals surface area contributed by atoms with Crippen LogP contribution < -0.4 is 5.73 Å². The van der Waals surface area contributed by atoms with Crippen molar-refractivity contribution in [1.29, 1.82) is 0 Å². The zero-order chi connectivity index (χ0) is 14.8. The second kappa shape index (κ2) is 5.56. The number of hydrogen-bond donors (Lipinski definition) is 1. The van der Waals surface area contributed by atoms with Crippen molar-refractivity contribution in [3.8, 4) is 0 Å². The Kier molecular flexibility index (Phi) is 3.60. The van der Waals surface area contributed by atoms with Crippen molar-refractivity contribution in [2.75, 3.05) is 5.73 Å². The molecule has 0 spiro atoms. The second-order valence-electron chi connectivity index (χ2n) is 5.42. The summed E-state index contributed by atoms with van der Waals surface area (Å²) in [5, 5.41) is 0. The van der Waals surface area contributed by atoms with E-state index in [-0.39, 0.29) is 17.8 Å². The topological polar surface area (TPSA) is 46.3 Å². The van der Waals surface area contributed by atoms with E-state index in [1.165, 1.54) is 12.1 Å². The number of carbonyl (C=O) groups is 1. The minimum Gasteiger partial charge on any atom is -0.399 e. The molecule has 2 aromatic carbocycles. The number of rotatable bonds is 4. The van der Waals surface area contributed by atoms with Gasteiger partial charge < -0.3 is 10.6 Å². The van der Waals surface area contributed by atoms with E-state index < -0.39 is 0 Å². The largest absolute Gasteiger partial charge is 0.399 e. The molecule has 2 aromatic rings. The van der Waals surface area contributed by atoms with E-state index in [2.05, 4.69) is 0 Å². The van der Waals surface area contributed by atoms with Crippen LogP contribution in [0.2, 0.25) is 0 Å². The van der Waals surface area contributed by atoms with Crippen molar-refractivity contribution in [2.45, 2.75) is 25.4 Å². The molecule has 1 amide bonds. The Labute approximate surface area is 123 Å². The predicted molar refractivity (Wildman–Crippen MR) is 80.1 cm³/mol. The molecule has 0 aliphatic heterocycles. The molecule has 0 unspecified atom stereocenters. The van der Waals surface area contributed by atoms with Gasteiger partial charge in [-0.3, -0.25) is 4.79 Å². The van der Waals surface area contributed by atoms with E-state index in [0.717, 1.165) is 18.4 Å². The van der Waals surface area contributed by atoms with Crippen LogP contribution in [0.4, 0.5) is 10.1 Å². The molecule has 1 fully saturated rings. The van der Waals surface area contributed by atoms with Crippen molar-refractivity contribution in [3.05, 3.63) is 65.5 Å². The Morgan fingerprint density at radius 1 is 1.19 bits per heavy atom. The van der Waals surface area contributed by atoms with Gasteiger partial charge in [0.25, 0.3) is 5.91 Å². The predicted octanol–water partition coefficient (Wildman–Crippen LogP) is 3.21. The summed E-state index contributed by atoms with van der Waals surface area (Å²) in [6.45, 7) is 0.427. The number of halogens is 1. The van der Waals surface area contributed by atoms with Crippen molar-refractivity contribution >= 4 is 11.6 Å². The highest BCUT2D eigenvalue weighted by atomic mass is 19.1. The highest BCUT2D eigenvalue weighted by Gasteiger charge is 2.33. The lowest BCUT2D eigenvalue weighted by atomic mass is 10.1. The molecule has 4 heteroatoms. The number of nitrogen functional groups attached to an aromatic ring is 1. The molecular formula is C17H17FN2O. The highest BCUT2D eigenvalue weighted by molar-refractivity contribution is 5.95. The first-order valence-corrected chi connectivity index (χ1v) is 7.04. The molecule has 0 radical (unpaired) electrons. The highest BCUT2D eigenvalue weighted by Crippen LogP contribution is 2.30. The first-order chi connectivity index (χ1) is 10.1. The van der Waals surface area contributed by atoms with Crippen molar-refractivity contribution in [2.24, 2.45) is 0 Å². The quantitative estimate of drug-likeness (QED) is 0.876. The summed E-state index contributed by atoms with van der Waals surface area (Å²) >= 11 is 0. The Hall–Kier alpha value is -2.36. The summed E-state index contributed by atoms with van der Waals surface area (Å²) in [5.41, 5.74) is 7.70. The van der Waals surface area contributed by atoms with Crippen LogP contribution in [-0.4, -0.2) is 16.8 Å². The van der Waals surface area contributed by atoms with Gasteiger partial charge in [0, 0.05) is 23.8 Å². The fourth-order valence-corrected chi connectivity index (χ4v) is 2.42. The Morgan fingerprint density at radius 2 is 1.95 bits per heavy atom. The van der Waals surface area contributed by atoms with Gasteiger partial charge >= 0.3 is 0 Å². The summed E-state index contributed by atoms with van der Waals surface area (Å²) in [5.74, 6) is -0.325. The summed E-state index contributed by atoms with van der Waals surface area (Å²) in [7, 11) is 0. The normalized spacial score (nSPS) is 14.0. The fourth-order valence-electron chi connectivity index (χ4n) is 2.42. The van der Waals surface area contributed by atoms with Gasteiger partial charge in [0.15, 0.2) is 0 Å². The van der Waals surface area contributed by atoms with Crippen molar-refractivity contribution < 1.29 is 9.18 Å². The second-order valence-corrected chi connectivity index (χ2v) is 5.42. The summed E-state index contributed by atoms with van der Waals surface area (Å²) in [6.07, 6.45) is 2.01. The van der Waals surface area contributed by atoms with Gasteiger partial charge in [-0.15, -0.1) is 0 Å². The third kappa shape index (κ3) is 3.21. The number of carbonyl (C=O) groups excluding carboxylic acids is 1. The van der Waals surface area contributed by atoms with Gasteiger partial charge in [-0.1, -0.05) is 18.2 Å². The molecule has 0 saturated heterocycles. The van der Waals surface area contributed by atoms with Gasteiger partial charge in [-0.25, -0.2) is 4.39 Å². The SMILES string of the molecule is Nc1cccc(C(=O)N(Cc2cccc(F)c2)C2CC2)c1. The van der Waals surface area contributed by atoms with E-state index >= 15 is 0 Å². The Morgan fingerprint density at radius 3 is 2.62 bits per heavy atom. The number of nitrogens with zero attached hydrogens (tertiary/aromatic N) is 1. The van der Waals surface area contributed by atoms with Gasteiger partial charge in [0.2, 0.25) is 0 Å². The van der Waals surface area contributed by atoms with Crippen LogP contribution in [0.3, 0.4) is 0 Å². The zero-order valence-electron chi connectivity index (χ0n) is 11.6. The average molecular weight is 284 g/mol. The van der Waals surface area contributed by atoms with E-state index in [9.17, 15) is 9.18 Å². The van der Waals surface area contributed by atoms with Gasteiger partial charge in [-0.2, -0.15) is 0 Å². The molecule has 0 aromatic heterocycles. The maximum atomic E-state index is 13.3. The lowest BCUT2D eigenvalue weighted by Gasteiger charge is -2.23. The zero-order valence-corrected chi connectivity index (χ0v) is 11.6. The first-order valence-electron chi connectivity index (χ1n) is 7.04. The molecule has 3 rings (SSSR count). The maximum absolute atomic E-state index is 13.3. The lowest BCUT2D eigenvalue weighted by molar-refractivity contribution is 0.0730. The number of hydrogen-bond acceptors (Lipinski definition) is 2. The number of amides is 1. The van der Waals surface area contributed by atoms with E-state index in [0.29, 0.717) is 17.8 Å². The fraction of sp³-hybridized carbons (Fsp3) is 0.235. The summed E-state index contributed by atoms with van der Waals surface area (Å²) in [6, 6.07) is 13.6. The minimum atomic E-state index is -0.278. The average Bonchev–Trinajstić information content (AvgIpc) is 3.29. The van der Waals surface area contributed by atoms with Crippen LogP contribution in [0.1, 0.15) is 28.8 Å². The smallest absolute Gasteiger partial charge is 0.254 e. The van der Waals surface area contributed by atoms with Gasteiger partial charge in [-0.05, 0) is 48.7 Å². The molecule has 2 N–H and O–H groups in total.